The van der Waals surface area contributed by atoms with Crippen LogP contribution in [0.1, 0.15) is 29.7 Å². The average Bonchev–Trinajstić information content (AvgIpc) is 2.85. The molecule has 0 unspecified atom stereocenters. The minimum absolute atomic E-state index is 0.0185. The second kappa shape index (κ2) is 6.71. The number of nitrogens with zero attached hydrogens (tertiary/aromatic N) is 4. The zero-order valence-electron chi connectivity index (χ0n) is 12.6. The fourth-order valence-corrected chi connectivity index (χ4v) is 2.54. The minimum Gasteiger partial charge on any atom is -0.349 e. The van der Waals surface area contributed by atoms with Gasteiger partial charge in [0.15, 0.2) is 0 Å². The quantitative estimate of drug-likeness (QED) is 0.853. The molecule has 6 nitrogen and oxygen atoms in total. The summed E-state index contributed by atoms with van der Waals surface area (Å²) in [6, 6.07) is 6.22. The molecule has 7 heteroatoms. The predicted octanol–water partition coefficient (Wildman–Crippen LogP) is 1.80. The van der Waals surface area contributed by atoms with Gasteiger partial charge in [0.1, 0.15) is 0 Å². The Labute approximate surface area is 128 Å². The Morgan fingerprint density at radius 1 is 1.38 bits per heavy atom. The smallest absolute Gasteiger partial charge is 0.230 e. The molecule has 2 aromatic rings. The third kappa shape index (κ3) is 4.04. The number of carbonyl (C=O) groups is 1. The van der Waals surface area contributed by atoms with Gasteiger partial charge in [-0.2, -0.15) is 0 Å². The van der Waals surface area contributed by atoms with E-state index in [1.807, 2.05) is 13.0 Å². The van der Waals surface area contributed by atoms with Crippen molar-refractivity contribution in [1.29, 1.82) is 0 Å². The topological polar surface area (TPSA) is 72.7 Å². The maximum Gasteiger partial charge on any atom is 0.230 e. The predicted molar refractivity (Wildman–Crippen MR) is 82.0 cm³/mol. The Bertz CT molecular complexity index is 640. The van der Waals surface area contributed by atoms with Crippen molar-refractivity contribution >= 4 is 17.7 Å². The Morgan fingerprint density at radius 2 is 2.14 bits per heavy atom. The zero-order chi connectivity index (χ0) is 15.4. The van der Waals surface area contributed by atoms with Crippen molar-refractivity contribution in [2.45, 2.75) is 32.0 Å². The fourth-order valence-electron chi connectivity index (χ4n) is 1.87. The molecule has 0 radical (unpaired) electrons. The van der Waals surface area contributed by atoms with Crippen molar-refractivity contribution in [2.75, 3.05) is 5.75 Å². The third-order valence-electron chi connectivity index (χ3n) is 3.32. The van der Waals surface area contributed by atoms with Crippen LogP contribution in [-0.2, 0) is 11.8 Å². The number of benzene rings is 1. The van der Waals surface area contributed by atoms with Crippen LogP contribution >= 0.6 is 11.8 Å². The summed E-state index contributed by atoms with van der Waals surface area (Å²) >= 11 is 1.32. The van der Waals surface area contributed by atoms with E-state index in [4.69, 9.17) is 0 Å². The SMILES string of the molecule is Cc1ccc([C@@H](C)NC(=O)CSc2nnnn2C)cc1C. The summed E-state index contributed by atoms with van der Waals surface area (Å²) in [5.74, 6) is 0.261. The molecule has 0 fully saturated rings. The molecule has 0 bridgehead atoms. The number of aryl methyl sites for hydroxylation is 3. The molecule has 2 rings (SSSR count). The summed E-state index contributed by atoms with van der Waals surface area (Å²) in [5, 5.41) is 14.7. The van der Waals surface area contributed by atoms with Crippen molar-refractivity contribution < 1.29 is 4.79 Å². The van der Waals surface area contributed by atoms with E-state index < -0.39 is 0 Å². The molecule has 21 heavy (non-hydrogen) atoms. The Balaban J connectivity index is 1.89. The van der Waals surface area contributed by atoms with Crippen LogP contribution < -0.4 is 5.32 Å². The van der Waals surface area contributed by atoms with Crippen molar-refractivity contribution in [1.82, 2.24) is 25.5 Å². The summed E-state index contributed by atoms with van der Waals surface area (Å²) < 4.78 is 1.55. The molecular weight excluding hydrogens is 286 g/mol. The van der Waals surface area contributed by atoms with Crippen molar-refractivity contribution in [3.8, 4) is 0 Å². The highest BCUT2D eigenvalue weighted by atomic mass is 32.2. The number of carbonyl (C=O) groups excluding carboxylic acids is 1. The van der Waals surface area contributed by atoms with Crippen molar-refractivity contribution in [2.24, 2.45) is 7.05 Å². The Kier molecular flexibility index (Phi) is 4.95. The minimum atomic E-state index is -0.0336. The van der Waals surface area contributed by atoms with Crippen LogP contribution in [-0.4, -0.2) is 31.9 Å². The lowest BCUT2D eigenvalue weighted by Gasteiger charge is -2.15. The van der Waals surface area contributed by atoms with Gasteiger partial charge in [0, 0.05) is 7.05 Å². The fraction of sp³-hybridized carbons (Fsp3) is 0.429. The lowest BCUT2D eigenvalue weighted by atomic mass is 10.0. The average molecular weight is 305 g/mol. The van der Waals surface area contributed by atoms with Gasteiger partial charge in [-0.15, -0.1) is 5.10 Å². The number of tetrazole rings is 1. The van der Waals surface area contributed by atoms with E-state index in [1.165, 1.54) is 22.9 Å². The molecule has 0 saturated heterocycles. The van der Waals surface area contributed by atoms with Crippen LogP contribution in [0.5, 0.6) is 0 Å². The van der Waals surface area contributed by atoms with Gasteiger partial charge in [-0.3, -0.25) is 4.79 Å². The molecule has 1 amide bonds. The number of aromatic nitrogens is 4. The molecule has 1 aromatic carbocycles. The first kappa shape index (κ1) is 15.5. The number of rotatable bonds is 5. The third-order valence-corrected chi connectivity index (χ3v) is 4.33. The summed E-state index contributed by atoms with van der Waals surface area (Å²) in [5.41, 5.74) is 3.59. The molecule has 0 aliphatic rings. The second-order valence-corrected chi connectivity index (χ2v) is 5.95. The molecule has 1 aromatic heterocycles. The molecule has 1 N–H and O–H groups in total. The van der Waals surface area contributed by atoms with Crippen LogP contribution in [0.3, 0.4) is 0 Å². The highest BCUT2D eigenvalue weighted by Gasteiger charge is 2.12. The van der Waals surface area contributed by atoms with Crippen LogP contribution in [0.4, 0.5) is 0 Å². The van der Waals surface area contributed by atoms with Crippen LogP contribution in [0.2, 0.25) is 0 Å². The number of amides is 1. The van der Waals surface area contributed by atoms with E-state index in [0.717, 1.165) is 5.56 Å². The Hall–Kier alpha value is -1.89. The lowest BCUT2D eigenvalue weighted by Crippen LogP contribution is -2.28. The summed E-state index contributed by atoms with van der Waals surface area (Å²) in [6.45, 7) is 6.13. The van der Waals surface area contributed by atoms with E-state index in [9.17, 15) is 4.79 Å². The van der Waals surface area contributed by atoms with Crippen LogP contribution in [0, 0.1) is 13.8 Å². The monoisotopic (exact) mass is 305 g/mol. The van der Waals surface area contributed by atoms with E-state index >= 15 is 0 Å². The first-order valence-electron chi connectivity index (χ1n) is 6.69. The normalized spacial score (nSPS) is 12.2. The van der Waals surface area contributed by atoms with Gasteiger partial charge >= 0.3 is 0 Å². The van der Waals surface area contributed by atoms with Gasteiger partial charge in [-0.25, -0.2) is 4.68 Å². The highest BCUT2D eigenvalue weighted by molar-refractivity contribution is 7.99. The first-order chi connectivity index (χ1) is 9.97. The molecule has 0 aliphatic heterocycles. The van der Waals surface area contributed by atoms with Crippen molar-refractivity contribution in [3.63, 3.8) is 0 Å². The summed E-state index contributed by atoms with van der Waals surface area (Å²) in [4.78, 5) is 12.0. The van der Waals surface area contributed by atoms with Gasteiger partial charge in [0.25, 0.3) is 0 Å². The lowest BCUT2D eigenvalue weighted by molar-refractivity contribution is -0.119. The van der Waals surface area contributed by atoms with Gasteiger partial charge in [0.05, 0.1) is 11.8 Å². The molecule has 1 atom stereocenters. The van der Waals surface area contributed by atoms with Gasteiger partial charge in [-0.05, 0) is 47.9 Å². The molecule has 0 saturated carbocycles. The van der Waals surface area contributed by atoms with E-state index in [-0.39, 0.29) is 11.9 Å². The molecular formula is C14H19N5OS. The molecule has 0 spiro atoms. The van der Waals surface area contributed by atoms with E-state index in [1.54, 1.807) is 11.7 Å². The summed E-state index contributed by atoms with van der Waals surface area (Å²) in [7, 11) is 1.75. The molecule has 0 aliphatic carbocycles. The van der Waals surface area contributed by atoms with E-state index in [2.05, 4.69) is 46.8 Å². The number of hydrogen-bond acceptors (Lipinski definition) is 5. The second-order valence-electron chi connectivity index (χ2n) is 5.01. The number of hydrogen-bond donors (Lipinski definition) is 1. The largest absolute Gasteiger partial charge is 0.349 e. The van der Waals surface area contributed by atoms with Crippen LogP contribution in [0.25, 0.3) is 0 Å². The van der Waals surface area contributed by atoms with E-state index in [0.29, 0.717) is 10.9 Å². The highest BCUT2D eigenvalue weighted by Crippen LogP contribution is 2.17. The number of nitrogens with one attached hydrogen (secondary N) is 1. The van der Waals surface area contributed by atoms with Crippen LogP contribution in [0.15, 0.2) is 23.4 Å². The molecule has 112 valence electrons. The van der Waals surface area contributed by atoms with Crippen molar-refractivity contribution in [3.05, 3.63) is 34.9 Å². The first-order valence-corrected chi connectivity index (χ1v) is 7.67. The van der Waals surface area contributed by atoms with Gasteiger partial charge in [0.2, 0.25) is 11.1 Å². The zero-order valence-corrected chi connectivity index (χ0v) is 13.4. The molecule has 1 heterocycles. The standard InChI is InChI=1S/C14H19N5OS/c1-9-5-6-12(7-10(9)2)11(3)15-13(20)8-21-14-16-17-18-19(14)4/h5-7,11H,8H2,1-4H3,(H,15,20)/t11-/m1/s1. The summed E-state index contributed by atoms with van der Waals surface area (Å²) in [6.07, 6.45) is 0. The maximum atomic E-state index is 12.0. The van der Waals surface area contributed by atoms with Gasteiger partial charge < -0.3 is 5.32 Å². The maximum absolute atomic E-state index is 12.0. The Morgan fingerprint density at radius 3 is 2.76 bits per heavy atom. The van der Waals surface area contributed by atoms with Gasteiger partial charge in [-0.1, -0.05) is 30.0 Å². The number of thioether (sulfide) groups is 1.